The zero-order chi connectivity index (χ0) is 14.4. The molecule has 0 aliphatic carbocycles. The molecule has 3 N–H and O–H groups in total. The minimum absolute atomic E-state index is 0.145. The van der Waals surface area contributed by atoms with Crippen LogP contribution in [0.1, 0.15) is 11.7 Å². The van der Waals surface area contributed by atoms with Gasteiger partial charge in [-0.05, 0) is 17.7 Å². The predicted molar refractivity (Wildman–Crippen MR) is 73.6 cm³/mol. The van der Waals surface area contributed by atoms with Crippen molar-refractivity contribution < 1.29 is 19.4 Å². The summed E-state index contributed by atoms with van der Waals surface area (Å²) in [7, 11) is 1.57. The number of carbonyl (C=O) groups is 1. The normalized spacial score (nSPS) is 20.2. The Labute approximate surface area is 118 Å². The van der Waals surface area contributed by atoms with E-state index in [0.29, 0.717) is 24.5 Å². The first kappa shape index (κ1) is 14.8. The number of amides is 1. The lowest BCUT2D eigenvalue weighted by atomic mass is 10.1. The summed E-state index contributed by atoms with van der Waals surface area (Å²) in [6.45, 7) is 1.93. The van der Waals surface area contributed by atoms with E-state index in [1.165, 1.54) is 0 Å². The third kappa shape index (κ3) is 3.93. The molecule has 20 heavy (non-hydrogen) atoms. The van der Waals surface area contributed by atoms with E-state index in [0.717, 1.165) is 6.54 Å². The first-order valence-electron chi connectivity index (χ1n) is 6.62. The molecule has 0 unspecified atom stereocenters. The van der Waals surface area contributed by atoms with E-state index in [4.69, 9.17) is 9.47 Å². The van der Waals surface area contributed by atoms with Crippen LogP contribution in [-0.4, -0.2) is 50.5 Å². The fourth-order valence-electron chi connectivity index (χ4n) is 2.01. The summed E-state index contributed by atoms with van der Waals surface area (Å²) in [4.78, 5) is 11.8. The number of ether oxygens (including phenoxy) is 2. The van der Waals surface area contributed by atoms with Crippen LogP contribution in [0.2, 0.25) is 0 Å². The molecule has 2 atom stereocenters. The second kappa shape index (κ2) is 7.23. The van der Waals surface area contributed by atoms with Crippen LogP contribution in [0, 0.1) is 0 Å². The van der Waals surface area contributed by atoms with Gasteiger partial charge >= 0.3 is 0 Å². The van der Waals surface area contributed by atoms with Crippen LogP contribution < -0.4 is 15.4 Å². The Balaban J connectivity index is 1.84. The van der Waals surface area contributed by atoms with Crippen LogP contribution in [0.4, 0.5) is 0 Å². The third-order valence-corrected chi connectivity index (χ3v) is 3.17. The number of benzene rings is 1. The highest BCUT2D eigenvalue weighted by molar-refractivity contribution is 5.81. The number of carbonyl (C=O) groups excluding carboxylic acids is 1. The van der Waals surface area contributed by atoms with E-state index in [2.05, 4.69) is 10.6 Å². The van der Waals surface area contributed by atoms with Crippen LogP contribution in [0.25, 0.3) is 0 Å². The molecule has 0 aromatic heterocycles. The van der Waals surface area contributed by atoms with Crippen molar-refractivity contribution in [3.05, 3.63) is 29.8 Å². The van der Waals surface area contributed by atoms with Crippen LogP contribution >= 0.6 is 0 Å². The monoisotopic (exact) mass is 280 g/mol. The van der Waals surface area contributed by atoms with Crippen molar-refractivity contribution in [1.29, 1.82) is 0 Å². The summed E-state index contributed by atoms with van der Waals surface area (Å²) in [6.07, 6.45) is -1.26. The number of morpholine rings is 1. The topological polar surface area (TPSA) is 79.8 Å². The Kier molecular flexibility index (Phi) is 5.34. The summed E-state index contributed by atoms with van der Waals surface area (Å²) in [5, 5.41) is 15.8. The molecule has 6 nitrogen and oxygen atoms in total. The molecule has 1 aliphatic rings. The van der Waals surface area contributed by atoms with E-state index >= 15 is 0 Å². The summed E-state index contributed by atoms with van der Waals surface area (Å²) in [5.74, 6) is 0.465. The number of nitrogens with one attached hydrogen (secondary N) is 2. The second-order valence-corrected chi connectivity index (χ2v) is 4.60. The van der Waals surface area contributed by atoms with Gasteiger partial charge in [-0.2, -0.15) is 0 Å². The fourth-order valence-corrected chi connectivity index (χ4v) is 2.01. The first-order valence-corrected chi connectivity index (χ1v) is 6.62. The molecule has 0 bridgehead atoms. The maximum atomic E-state index is 11.8. The minimum Gasteiger partial charge on any atom is -0.497 e. The highest BCUT2D eigenvalue weighted by Gasteiger charge is 2.22. The van der Waals surface area contributed by atoms with Crippen LogP contribution in [0.15, 0.2) is 24.3 Å². The molecule has 0 saturated carbocycles. The maximum Gasteiger partial charge on any atom is 0.250 e. The second-order valence-electron chi connectivity index (χ2n) is 4.60. The number of methoxy groups -OCH3 is 1. The van der Waals surface area contributed by atoms with Gasteiger partial charge < -0.3 is 25.2 Å². The van der Waals surface area contributed by atoms with Gasteiger partial charge in [-0.25, -0.2) is 0 Å². The summed E-state index contributed by atoms with van der Waals surface area (Å²) in [6, 6.07) is 7.14. The zero-order valence-corrected chi connectivity index (χ0v) is 11.5. The Morgan fingerprint density at radius 2 is 2.50 bits per heavy atom. The number of aliphatic hydroxyl groups excluding tert-OH is 1. The van der Waals surface area contributed by atoms with Crippen LogP contribution in [0.5, 0.6) is 5.75 Å². The van der Waals surface area contributed by atoms with Crippen molar-refractivity contribution in [2.75, 3.05) is 33.4 Å². The molecule has 1 aromatic rings. The van der Waals surface area contributed by atoms with E-state index in [1.54, 1.807) is 31.4 Å². The molecule has 1 amide bonds. The molecule has 1 saturated heterocycles. The Morgan fingerprint density at radius 1 is 1.65 bits per heavy atom. The van der Waals surface area contributed by atoms with Gasteiger partial charge in [0.1, 0.15) is 11.9 Å². The van der Waals surface area contributed by atoms with Crippen LogP contribution in [-0.2, 0) is 9.53 Å². The third-order valence-electron chi connectivity index (χ3n) is 3.17. The smallest absolute Gasteiger partial charge is 0.250 e. The van der Waals surface area contributed by atoms with E-state index in [-0.39, 0.29) is 12.5 Å². The lowest BCUT2D eigenvalue weighted by Crippen LogP contribution is -2.48. The highest BCUT2D eigenvalue weighted by Crippen LogP contribution is 2.18. The van der Waals surface area contributed by atoms with E-state index in [1.807, 2.05) is 0 Å². The number of aliphatic hydroxyl groups is 1. The SMILES string of the molecule is COc1cccc([C@H](O)CNC(=O)[C@@H]2CNCCO2)c1. The molecule has 110 valence electrons. The maximum absolute atomic E-state index is 11.8. The highest BCUT2D eigenvalue weighted by atomic mass is 16.5. The van der Waals surface area contributed by atoms with Gasteiger partial charge in [-0.3, -0.25) is 4.79 Å². The molecule has 1 heterocycles. The van der Waals surface area contributed by atoms with Gasteiger partial charge in [0.2, 0.25) is 0 Å². The number of hydrogen-bond donors (Lipinski definition) is 3. The summed E-state index contributed by atoms with van der Waals surface area (Å²) >= 11 is 0. The first-order chi connectivity index (χ1) is 9.70. The lowest BCUT2D eigenvalue weighted by molar-refractivity contribution is -0.134. The van der Waals surface area contributed by atoms with E-state index in [9.17, 15) is 9.90 Å². The molecule has 1 aromatic carbocycles. The predicted octanol–water partition coefficient (Wildman–Crippen LogP) is -0.167. The van der Waals surface area contributed by atoms with Gasteiger partial charge in [0, 0.05) is 19.6 Å². The fraction of sp³-hybridized carbons (Fsp3) is 0.500. The molecule has 0 spiro atoms. The van der Waals surface area contributed by atoms with E-state index < -0.39 is 12.2 Å². The molecule has 6 heteroatoms. The Morgan fingerprint density at radius 3 is 3.20 bits per heavy atom. The van der Waals surface area contributed by atoms with Crippen molar-refractivity contribution in [2.45, 2.75) is 12.2 Å². The molecule has 2 rings (SSSR count). The molecular weight excluding hydrogens is 260 g/mol. The van der Waals surface area contributed by atoms with Crippen molar-refractivity contribution in [3.63, 3.8) is 0 Å². The Bertz CT molecular complexity index is 447. The van der Waals surface area contributed by atoms with Crippen molar-refractivity contribution in [1.82, 2.24) is 10.6 Å². The van der Waals surface area contributed by atoms with Gasteiger partial charge in [0.25, 0.3) is 5.91 Å². The summed E-state index contributed by atoms with van der Waals surface area (Å²) < 4.78 is 10.4. The van der Waals surface area contributed by atoms with Gasteiger partial charge in [0.15, 0.2) is 0 Å². The van der Waals surface area contributed by atoms with Crippen molar-refractivity contribution in [3.8, 4) is 5.75 Å². The largest absolute Gasteiger partial charge is 0.497 e. The zero-order valence-electron chi connectivity index (χ0n) is 11.5. The molecule has 1 aliphatic heterocycles. The standard InChI is InChI=1S/C14H20N2O4/c1-19-11-4-2-3-10(7-11)12(17)8-16-14(18)13-9-15-5-6-20-13/h2-4,7,12-13,15,17H,5-6,8-9H2,1H3,(H,16,18)/t12-,13+/m1/s1. The number of hydrogen-bond acceptors (Lipinski definition) is 5. The summed E-state index contributed by atoms with van der Waals surface area (Å²) in [5.41, 5.74) is 0.701. The molecule has 1 fully saturated rings. The van der Waals surface area contributed by atoms with Crippen molar-refractivity contribution >= 4 is 5.91 Å². The lowest BCUT2D eigenvalue weighted by Gasteiger charge is -2.23. The average molecular weight is 280 g/mol. The number of rotatable bonds is 5. The quantitative estimate of drug-likeness (QED) is 0.698. The minimum atomic E-state index is -0.773. The molecule has 0 radical (unpaired) electrons. The van der Waals surface area contributed by atoms with Crippen molar-refractivity contribution in [2.24, 2.45) is 0 Å². The van der Waals surface area contributed by atoms with Gasteiger partial charge in [-0.1, -0.05) is 12.1 Å². The van der Waals surface area contributed by atoms with Gasteiger partial charge in [-0.15, -0.1) is 0 Å². The average Bonchev–Trinajstić information content (AvgIpc) is 2.53. The van der Waals surface area contributed by atoms with Gasteiger partial charge in [0.05, 0.1) is 19.8 Å². The molecular formula is C14H20N2O4. The Hall–Kier alpha value is -1.63. The van der Waals surface area contributed by atoms with Crippen LogP contribution in [0.3, 0.4) is 0 Å².